The molecule has 1 unspecified atom stereocenters. The standard InChI is InChI=1S/C27H24ClNO3/c1-16(2)18-9-13-22(14-10-18)29-24(20-6-4-5-17(3)15-20)23(26(31)27(29)32)25(30)19-7-11-21(28)12-8-19/h4-16,24,30H,1-3H3/b25-23-. The van der Waals surface area contributed by atoms with Gasteiger partial charge in [-0.2, -0.15) is 0 Å². The van der Waals surface area contributed by atoms with E-state index in [1.165, 1.54) is 4.90 Å². The Hall–Kier alpha value is -3.37. The summed E-state index contributed by atoms with van der Waals surface area (Å²) in [4.78, 5) is 27.9. The van der Waals surface area contributed by atoms with Crippen molar-refractivity contribution >= 4 is 34.7 Å². The summed E-state index contributed by atoms with van der Waals surface area (Å²) in [6.07, 6.45) is 0. The molecule has 0 aliphatic carbocycles. The Labute approximate surface area is 192 Å². The minimum Gasteiger partial charge on any atom is -0.507 e. The Bertz CT molecular complexity index is 1210. The number of hydrogen-bond acceptors (Lipinski definition) is 3. The van der Waals surface area contributed by atoms with Gasteiger partial charge in [-0.3, -0.25) is 14.5 Å². The average Bonchev–Trinajstić information content (AvgIpc) is 3.04. The van der Waals surface area contributed by atoms with E-state index < -0.39 is 17.7 Å². The predicted molar refractivity (Wildman–Crippen MR) is 128 cm³/mol. The number of anilines is 1. The van der Waals surface area contributed by atoms with Crippen LogP contribution in [0.3, 0.4) is 0 Å². The van der Waals surface area contributed by atoms with Gasteiger partial charge in [0.15, 0.2) is 0 Å². The highest BCUT2D eigenvalue weighted by Gasteiger charge is 2.46. The molecule has 32 heavy (non-hydrogen) atoms. The molecule has 0 bridgehead atoms. The van der Waals surface area contributed by atoms with Crippen molar-refractivity contribution in [2.45, 2.75) is 32.7 Å². The van der Waals surface area contributed by atoms with Crippen LogP contribution in [-0.4, -0.2) is 16.8 Å². The molecule has 162 valence electrons. The van der Waals surface area contributed by atoms with Gasteiger partial charge in [0.25, 0.3) is 11.7 Å². The number of aryl methyl sites for hydroxylation is 1. The fraction of sp³-hybridized carbons (Fsp3) is 0.185. The van der Waals surface area contributed by atoms with Crippen LogP contribution >= 0.6 is 11.6 Å². The van der Waals surface area contributed by atoms with Crippen LogP contribution in [0.5, 0.6) is 0 Å². The van der Waals surface area contributed by atoms with Crippen LogP contribution in [0.15, 0.2) is 78.4 Å². The molecule has 1 aliphatic heterocycles. The molecule has 1 heterocycles. The van der Waals surface area contributed by atoms with Gasteiger partial charge in [0.05, 0.1) is 11.6 Å². The molecule has 0 radical (unpaired) electrons. The lowest BCUT2D eigenvalue weighted by Gasteiger charge is -2.26. The molecule has 3 aromatic carbocycles. The van der Waals surface area contributed by atoms with Crippen LogP contribution in [0.4, 0.5) is 5.69 Å². The number of benzene rings is 3. The fourth-order valence-electron chi connectivity index (χ4n) is 4.04. The molecule has 0 aromatic heterocycles. The molecule has 0 spiro atoms. The van der Waals surface area contributed by atoms with E-state index in [1.54, 1.807) is 24.3 Å². The third kappa shape index (κ3) is 3.94. The van der Waals surface area contributed by atoms with E-state index in [1.807, 2.05) is 55.5 Å². The Morgan fingerprint density at radius 3 is 2.22 bits per heavy atom. The Morgan fingerprint density at radius 1 is 0.969 bits per heavy atom. The smallest absolute Gasteiger partial charge is 0.300 e. The monoisotopic (exact) mass is 445 g/mol. The molecule has 1 atom stereocenters. The van der Waals surface area contributed by atoms with E-state index in [9.17, 15) is 14.7 Å². The lowest BCUT2D eigenvalue weighted by molar-refractivity contribution is -0.132. The van der Waals surface area contributed by atoms with Crippen molar-refractivity contribution in [3.8, 4) is 0 Å². The van der Waals surface area contributed by atoms with E-state index >= 15 is 0 Å². The Balaban J connectivity index is 1.91. The summed E-state index contributed by atoms with van der Waals surface area (Å²) in [6, 6.07) is 21.1. The van der Waals surface area contributed by atoms with Gasteiger partial charge in [0.1, 0.15) is 5.76 Å². The van der Waals surface area contributed by atoms with Crippen LogP contribution in [0, 0.1) is 6.92 Å². The number of aliphatic hydroxyl groups is 1. The van der Waals surface area contributed by atoms with Gasteiger partial charge in [0.2, 0.25) is 0 Å². The lowest BCUT2D eigenvalue weighted by Crippen LogP contribution is -2.29. The maximum Gasteiger partial charge on any atom is 0.300 e. The van der Waals surface area contributed by atoms with Gasteiger partial charge < -0.3 is 5.11 Å². The second-order valence-electron chi connectivity index (χ2n) is 8.34. The van der Waals surface area contributed by atoms with Gasteiger partial charge >= 0.3 is 0 Å². The quantitative estimate of drug-likeness (QED) is 0.287. The molecular weight excluding hydrogens is 422 g/mol. The van der Waals surface area contributed by atoms with Gasteiger partial charge in [-0.15, -0.1) is 0 Å². The van der Waals surface area contributed by atoms with Gasteiger partial charge in [-0.25, -0.2) is 0 Å². The summed E-state index contributed by atoms with van der Waals surface area (Å²) >= 11 is 5.98. The SMILES string of the molecule is Cc1cccc(C2/C(=C(/O)c3ccc(Cl)cc3)C(=O)C(=O)N2c2ccc(C(C)C)cc2)c1. The number of rotatable bonds is 4. The van der Waals surface area contributed by atoms with E-state index in [0.29, 0.717) is 22.2 Å². The van der Waals surface area contributed by atoms with E-state index in [4.69, 9.17) is 11.6 Å². The largest absolute Gasteiger partial charge is 0.507 e. The number of amides is 1. The molecule has 1 saturated heterocycles. The minimum absolute atomic E-state index is 0.0656. The average molecular weight is 446 g/mol. The maximum atomic E-state index is 13.2. The summed E-state index contributed by atoms with van der Waals surface area (Å²) in [5, 5.41) is 11.6. The van der Waals surface area contributed by atoms with Crippen molar-refractivity contribution in [3.63, 3.8) is 0 Å². The first-order chi connectivity index (χ1) is 15.3. The third-order valence-corrected chi connectivity index (χ3v) is 6.01. The third-order valence-electron chi connectivity index (χ3n) is 5.76. The zero-order valence-corrected chi connectivity index (χ0v) is 18.9. The molecule has 3 aromatic rings. The molecule has 1 N–H and O–H groups in total. The number of hydrogen-bond donors (Lipinski definition) is 1. The van der Waals surface area contributed by atoms with Crippen LogP contribution < -0.4 is 4.90 Å². The first kappa shape index (κ1) is 21.8. The summed E-state index contributed by atoms with van der Waals surface area (Å²) in [6.45, 7) is 6.15. The Morgan fingerprint density at radius 2 is 1.62 bits per heavy atom. The highest BCUT2D eigenvalue weighted by Crippen LogP contribution is 2.42. The molecular formula is C27H24ClNO3. The van der Waals surface area contributed by atoms with Crippen molar-refractivity contribution in [1.29, 1.82) is 0 Å². The number of halogens is 1. The molecule has 0 saturated carbocycles. The second kappa shape index (κ2) is 8.64. The Kier molecular flexibility index (Phi) is 5.90. The highest BCUT2D eigenvalue weighted by atomic mass is 35.5. The predicted octanol–water partition coefficient (Wildman–Crippen LogP) is 6.40. The lowest BCUT2D eigenvalue weighted by atomic mass is 9.94. The van der Waals surface area contributed by atoms with Gasteiger partial charge in [0, 0.05) is 16.3 Å². The van der Waals surface area contributed by atoms with Crippen molar-refractivity contribution < 1.29 is 14.7 Å². The number of ketones is 1. The van der Waals surface area contributed by atoms with Gasteiger partial charge in [-0.05, 0) is 60.4 Å². The fourth-order valence-corrected chi connectivity index (χ4v) is 4.16. The summed E-state index contributed by atoms with van der Waals surface area (Å²) < 4.78 is 0. The van der Waals surface area contributed by atoms with E-state index in [-0.39, 0.29) is 11.3 Å². The highest BCUT2D eigenvalue weighted by molar-refractivity contribution is 6.51. The molecule has 1 amide bonds. The van der Waals surface area contributed by atoms with E-state index in [2.05, 4.69) is 13.8 Å². The first-order valence-electron chi connectivity index (χ1n) is 10.5. The first-order valence-corrected chi connectivity index (χ1v) is 10.9. The number of aliphatic hydroxyl groups excluding tert-OH is 1. The number of nitrogens with zero attached hydrogens (tertiary/aromatic N) is 1. The van der Waals surface area contributed by atoms with Gasteiger partial charge in [-0.1, -0.05) is 67.4 Å². The molecule has 4 rings (SSSR count). The van der Waals surface area contributed by atoms with Crippen LogP contribution in [0.1, 0.15) is 48.1 Å². The van der Waals surface area contributed by atoms with Crippen molar-refractivity contribution in [2.75, 3.05) is 4.90 Å². The maximum absolute atomic E-state index is 13.2. The second-order valence-corrected chi connectivity index (χ2v) is 8.77. The zero-order chi connectivity index (χ0) is 23.0. The number of carbonyl (C=O) groups is 2. The van der Waals surface area contributed by atoms with Crippen LogP contribution in [-0.2, 0) is 9.59 Å². The molecule has 4 nitrogen and oxygen atoms in total. The van der Waals surface area contributed by atoms with Crippen molar-refractivity contribution in [2.24, 2.45) is 0 Å². The molecule has 5 heteroatoms. The van der Waals surface area contributed by atoms with E-state index in [0.717, 1.165) is 16.7 Å². The minimum atomic E-state index is -0.740. The number of Topliss-reactive ketones (excluding diaryl/α,β-unsaturated/α-hetero) is 1. The van der Waals surface area contributed by atoms with Crippen LogP contribution in [0.2, 0.25) is 5.02 Å². The van der Waals surface area contributed by atoms with Crippen molar-refractivity contribution in [3.05, 3.63) is 106 Å². The zero-order valence-electron chi connectivity index (χ0n) is 18.2. The summed E-state index contributed by atoms with van der Waals surface area (Å²) in [5.74, 6) is -1.24. The normalized spacial score (nSPS) is 17.9. The molecule has 1 aliphatic rings. The molecule has 1 fully saturated rings. The van der Waals surface area contributed by atoms with Crippen LogP contribution in [0.25, 0.3) is 5.76 Å². The summed E-state index contributed by atoms with van der Waals surface area (Å²) in [5.41, 5.74) is 4.00. The summed E-state index contributed by atoms with van der Waals surface area (Å²) in [7, 11) is 0. The topological polar surface area (TPSA) is 57.6 Å². The van der Waals surface area contributed by atoms with Crippen molar-refractivity contribution in [1.82, 2.24) is 0 Å². The number of carbonyl (C=O) groups excluding carboxylic acids is 2.